The van der Waals surface area contributed by atoms with Crippen LogP contribution in [0.5, 0.6) is 0 Å². The molecule has 1 unspecified atom stereocenters. The average molecular weight is 295 g/mol. The Morgan fingerprint density at radius 1 is 1.32 bits per heavy atom. The van der Waals surface area contributed by atoms with E-state index in [1.54, 1.807) is 11.3 Å². The summed E-state index contributed by atoms with van der Waals surface area (Å²) in [5.41, 5.74) is 2.17. The van der Waals surface area contributed by atoms with Crippen LogP contribution in [0.1, 0.15) is 25.3 Å². The summed E-state index contributed by atoms with van der Waals surface area (Å²) in [5.74, 6) is 0. The quantitative estimate of drug-likeness (QED) is 0.854. The Balaban J connectivity index is 1.93. The summed E-state index contributed by atoms with van der Waals surface area (Å²) in [6.07, 6.45) is 2.15. The van der Waals surface area contributed by atoms with Crippen LogP contribution in [0.3, 0.4) is 0 Å². The topological polar surface area (TPSA) is 24.9 Å². The molecule has 2 rings (SSSR count). The zero-order chi connectivity index (χ0) is 13.7. The molecule has 2 nitrogen and oxygen atoms in total. The molecule has 1 aromatic carbocycles. The fourth-order valence-electron chi connectivity index (χ4n) is 1.75. The lowest BCUT2D eigenvalue weighted by atomic mass is 10.2. The van der Waals surface area contributed by atoms with Crippen molar-refractivity contribution in [3.63, 3.8) is 0 Å². The van der Waals surface area contributed by atoms with Gasteiger partial charge in [0, 0.05) is 35.0 Å². The van der Waals surface area contributed by atoms with Crippen molar-refractivity contribution in [2.45, 2.75) is 32.7 Å². The van der Waals surface area contributed by atoms with Crippen LogP contribution in [0.2, 0.25) is 5.02 Å². The van der Waals surface area contributed by atoms with Crippen molar-refractivity contribution in [2.75, 3.05) is 6.54 Å². The second kappa shape index (κ2) is 7.04. The van der Waals surface area contributed by atoms with Crippen molar-refractivity contribution in [1.82, 2.24) is 10.3 Å². The van der Waals surface area contributed by atoms with Gasteiger partial charge in [-0.1, -0.05) is 30.7 Å². The molecule has 0 amide bonds. The van der Waals surface area contributed by atoms with E-state index in [2.05, 4.69) is 29.5 Å². The predicted molar refractivity (Wildman–Crippen MR) is 84.0 cm³/mol. The monoisotopic (exact) mass is 294 g/mol. The largest absolute Gasteiger partial charge is 0.314 e. The van der Waals surface area contributed by atoms with E-state index in [1.165, 1.54) is 5.01 Å². The van der Waals surface area contributed by atoms with E-state index in [4.69, 9.17) is 11.6 Å². The molecule has 0 aliphatic heterocycles. The molecule has 1 atom stereocenters. The first kappa shape index (κ1) is 14.5. The average Bonchev–Trinajstić information content (AvgIpc) is 2.88. The standard InChI is InChI=1S/C15H19ClN2S/c1-3-11(2)17-9-8-15-18-14(10-19-15)12-4-6-13(16)7-5-12/h4-7,10-11,17H,3,8-9H2,1-2H3. The highest BCUT2D eigenvalue weighted by Crippen LogP contribution is 2.23. The van der Waals surface area contributed by atoms with Gasteiger partial charge in [0.15, 0.2) is 0 Å². The summed E-state index contributed by atoms with van der Waals surface area (Å²) >= 11 is 7.61. The van der Waals surface area contributed by atoms with Crippen LogP contribution in [0.15, 0.2) is 29.6 Å². The van der Waals surface area contributed by atoms with E-state index in [0.717, 1.165) is 35.7 Å². The molecule has 1 N–H and O–H groups in total. The number of thiazole rings is 1. The molecule has 0 saturated heterocycles. The van der Waals surface area contributed by atoms with Crippen LogP contribution in [0.25, 0.3) is 11.3 Å². The van der Waals surface area contributed by atoms with Gasteiger partial charge in [-0.05, 0) is 25.5 Å². The van der Waals surface area contributed by atoms with Gasteiger partial charge in [0.2, 0.25) is 0 Å². The Hall–Kier alpha value is -0.900. The summed E-state index contributed by atoms with van der Waals surface area (Å²) < 4.78 is 0. The first-order valence-electron chi connectivity index (χ1n) is 6.62. The molecule has 0 radical (unpaired) electrons. The molecule has 0 bridgehead atoms. The molecule has 0 spiro atoms. The second-order valence-corrected chi connectivity index (χ2v) is 6.03. The van der Waals surface area contributed by atoms with Crippen molar-refractivity contribution in [1.29, 1.82) is 0 Å². The molecule has 0 saturated carbocycles. The van der Waals surface area contributed by atoms with Gasteiger partial charge in [-0.15, -0.1) is 11.3 Å². The highest BCUT2D eigenvalue weighted by Gasteiger charge is 2.05. The van der Waals surface area contributed by atoms with Crippen LogP contribution in [0.4, 0.5) is 0 Å². The van der Waals surface area contributed by atoms with E-state index in [0.29, 0.717) is 6.04 Å². The molecule has 0 fully saturated rings. The summed E-state index contributed by atoms with van der Waals surface area (Å²) in [6.45, 7) is 5.39. The maximum absolute atomic E-state index is 5.89. The van der Waals surface area contributed by atoms with E-state index < -0.39 is 0 Å². The van der Waals surface area contributed by atoms with Gasteiger partial charge in [0.1, 0.15) is 0 Å². The van der Waals surface area contributed by atoms with Crippen molar-refractivity contribution in [3.05, 3.63) is 39.7 Å². The molecule has 19 heavy (non-hydrogen) atoms. The van der Waals surface area contributed by atoms with Gasteiger partial charge in [-0.25, -0.2) is 4.98 Å². The Bertz CT molecular complexity index is 507. The molecule has 0 aliphatic carbocycles. The highest BCUT2D eigenvalue weighted by molar-refractivity contribution is 7.09. The highest BCUT2D eigenvalue weighted by atomic mass is 35.5. The zero-order valence-corrected chi connectivity index (χ0v) is 12.9. The van der Waals surface area contributed by atoms with Crippen LogP contribution in [-0.4, -0.2) is 17.6 Å². The first-order chi connectivity index (χ1) is 9.19. The van der Waals surface area contributed by atoms with Gasteiger partial charge in [-0.3, -0.25) is 0 Å². The third kappa shape index (κ3) is 4.30. The number of halogens is 1. The third-order valence-electron chi connectivity index (χ3n) is 3.14. The number of aromatic nitrogens is 1. The normalized spacial score (nSPS) is 12.6. The number of nitrogens with one attached hydrogen (secondary N) is 1. The maximum Gasteiger partial charge on any atom is 0.0945 e. The Morgan fingerprint density at radius 2 is 2.05 bits per heavy atom. The lowest BCUT2D eigenvalue weighted by molar-refractivity contribution is 0.537. The van der Waals surface area contributed by atoms with Crippen LogP contribution < -0.4 is 5.32 Å². The molecule has 4 heteroatoms. The van der Waals surface area contributed by atoms with Crippen molar-refractivity contribution < 1.29 is 0 Å². The number of hydrogen-bond acceptors (Lipinski definition) is 3. The van der Waals surface area contributed by atoms with Gasteiger partial charge < -0.3 is 5.32 Å². The zero-order valence-electron chi connectivity index (χ0n) is 11.3. The second-order valence-electron chi connectivity index (χ2n) is 4.65. The number of benzene rings is 1. The first-order valence-corrected chi connectivity index (χ1v) is 7.88. The van der Waals surface area contributed by atoms with Crippen molar-refractivity contribution in [3.8, 4) is 11.3 Å². The minimum absolute atomic E-state index is 0.579. The molecule has 102 valence electrons. The van der Waals surface area contributed by atoms with Crippen molar-refractivity contribution >= 4 is 22.9 Å². The fourth-order valence-corrected chi connectivity index (χ4v) is 2.68. The van der Waals surface area contributed by atoms with Gasteiger partial charge >= 0.3 is 0 Å². The van der Waals surface area contributed by atoms with Gasteiger partial charge in [0.05, 0.1) is 10.7 Å². The van der Waals surface area contributed by atoms with Gasteiger partial charge in [-0.2, -0.15) is 0 Å². The lowest BCUT2D eigenvalue weighted by Gasteiger charge is -2.09. The lowest BCUT2D eigenvalue weighted by Crippen LogP contribution is -2.27. The fraction of sp³-hybridized carbons (Fsp3) is 0.400. The molecular weight excluding hydrogens is 276 g/mol. The SMILES string of the molecule is CCC(C)NCCc1nc(-c2ccc(Cl)cc2)cs1. The molecule has 2 aromatic rings. The predicted octanol–water partition coefficient (Wildman–Crippen LogP) is 4.39. The smallest absolute Gasteiger partial charge is 0.0945 e. The summed E-state index contributed by atoms with van der Waals surface area (Å²) in [4.78, 5) is 4.67. The van der Waals surface area contributed by atoms with Crippen LogP contribution in [0, 0.1) is 0 Å². The maximum atomic E-state index is 5.89. The molecular formula is C15H19ClN2S. The van der Waals surface area contributed by atoms with E-state index >= 15 is 0 Å². The Kier molecular flexibility index (Phi) is 5.37. The molecule has 1 aromatic heterocycles. The minimum Gasteiger partial charge on any atom is -0.314 e. The summed E-state index contributed by atoms with van der Waals surface area (Å²) in [7, 11) is 0. The Morgan fingerprint density at radius 3 is 2.74 bits per heavy atom. The number of rotatable bonds is 6. The van der Waals surface area contributed by atoms with E-state index in [1.807, 2.05) is 24.3 Å². The number of nitrogens with zero attached hydrogens (tertiary/aromatic N) is 1. The van der Waals surface area contributed by atoms with Crippen molar-refractivity contribution in [2.24, 2.45) is 0 Å². The van der Waals surface area contributed by atoms with Gasteiger partial charge in [0.25, 0.3) is 0 Å². The number of hydrogen-bond donors (Lipinski definition) is 1. The molecule has 0 aliphatic rings. The van der Waals surface area contributed by atoms with E-state index in [-0.39, 0.29) is 0 Å². The molecule has 1 heterocycles. The van der Waals surface area contributed by atoms with Crippen LogP contribution in [-0.2, 0) is 6.42 Å². The minimum atomic E-state index is 0.579. The third-order valence-corrected chi connectivity index (χ3v) is 4.30. The van der Waals surface area contributed by atoms with Crippen LogP contribution >= 0.6 is 22.9 Å². The summed E-state index contributed by atoms with van der Waals surface area (Å²) in [6, 6.07) is 8.41. The Labute approximate surface area is 123 Å². The summed E-state index contributed by atoms with van der Waals surface area (Å²) in [5, 5.41) is 7.54. The van der Waals surface area contributed by atoms with E-state index in [9.17, 15) is 0 Å².